The Balaban J connectivity index is 1.70. The quantitative estimate of drug-likeness (QED) is 0.301. The van der Waals surface area contributed by atoms with Gasteiger partial charge in [0.15, 0.2) is 0 Å². The second kappa shape index (κ2) is 11.7. The van der Waals surface area contributed by atoms with E-state index in [9.17, 15) is 9.59 Å². The van der Waals surface area contributed by atoms with Crippen molar-refractivity contribution < 1.29 is 23.5 Å². The highest BCUT2D eigenvalue weighted by molar-refractivity contribution is 8.00. The van der Waals surface area contributed by atoms with Crippen LogP contribution in [0.3, 0.4) is 0 Å². The Bertz CT molecular complexity index is 1530. The molecule has 0 unspecified atom stereocenters. The fraction of sp³-hybridized carbons (Fsp3) is 0.323. The van der Waals surface area contributed by atoms with E-state index in [2.05, 4.69) is 5.32 Å². The minimum absolute atomic E-state index is 0.156. The molecular formula is C31H34N4O5S. The maximum Gasteiger partial charge on any atom is 0.240 e. The Morgan fingerprint density at radius 2 is 1.88 bits per heavy atom. The number of benzene rings is 2. The van der Waals surface area contributed by atoms with Crippen molar-refractivity contribution in [3.63, 3.8) is 0 Å². The maximum atomic E-state index is 13.8. The van der Waals surface area contributed by atoms with E-state index in [0.29, 0.717) is 23.1 Å². The van der Waals surface area contributed by atoms with Crippen molar-refractivity contribution in [2.24, 2.45) is 0 Å². The van der Waals surface area contributed by atoms with Gasteiger partial charge in [-0.15, -0.1) is 11.8 Å². The van der Waals surface area contributed by atoms with Crippen LogP contribution in [0.5, 0.6) is 11.5 Å². The molecule has 3 heterocycles. The highest BCUT2D eigenvalue weighted by Crippen LogP contribution is 2.51. The number of hydrogen-bond acceptors (Lipinski definition) is 7. The molecule has 10 heteroatoms. The summed E-state index contributed by atoms with van der Waals surface area (Å²) in [5.41, 5.74) is 2.86. The SMILES string of the molecule is COc1ccc(OC)c([C@@H]2SCC(=O)N(CC(=O)NCc3ccco3)c3c2c(-c2ccccc2)nn3C(C)(C)C)c1. The van der Waals surface area contributed by atoms with Gasteiger partial charge in [0.05, 0.1) is 49.3 Å². The van der Waals surface area contributed by atoms with Crippen LogP contribution in [0.1, 0.15) is 42.9 Å². The average Bonchev–Trinajstić information content (AvgIpc) is 3.61. The molecule has 2 aromatic carbocycles. The molecule has 2 aromatic heterocycles. The van der Waals surface area contributed by atoms with Crippen molar-refractivity contribution in [2.45, 2.75) is 38.1 Å². The first-order valence-electron chi connectivity index (χ1n) is 13.3. The third kappa shape index (κ3) is 5.83. The van der Waals surface area contributed by atoms with Gasteiger partial charge in [-0.2, -0.15) is 5.10 Å². The Kier molecular flexibility index (Phi) is 8.12. The number of nitrogens with zero attached hydrogens (tertiary/aromatic N) is 3. The van der Waals surface area contributed by atoms with E-state index >= 15 is 0 Å². The van der Waals surface area contributed by atoms with Gasteiger partial charge in [0.25, 0.3) is 0 Å². The first-order chi connectivity index (χ1) is 19.7. The zero-order valence-electron chi connectivity index (χ0n) is 23.8. The number of fused-ring (bicyclic) bond motifs is 1. The lowest BCUT2D eigenvalue weighted by atomic mass is 9.98. The van der Waals surface area contributed by atoms with E-state index in [-0.39, 0.29) is 35.9 Å². The third-order valence-corrected chi connectivity index (χ3v) is 8.07. The van der Waals surface area contributed by atoms with Gasteiger partial charge in [-0.25, -0.2) is 4.68 Å². The summed E-state index contributed by atoms with van der Waals surface area (Å²) >= 11 is 1.48. The summed E-state index contributed by atoms with van der Waals surface area (Å²) in [7, 11) is 3.25. The maximum absolute atomic E-state index is 13.8. The molecule has 1 aliphatic rings. The highest BCUT2D eigenvalue weighted by atomic mass is 32.2. The second-order valence-electron chi connectivity index (χ2n) is 10.7. The molecule has 0 spiro atoms. The largest absolute Gasteiger partial charge is 0.497 e. The summed E-state index contributed by atoms with van der Waals surface area (Å²) < 4.78 is 18.6. The van der Waals surface area contributed by atoms with Gasteiger partial charge in [0.2, 0.25) is 11.8 Å². The molecule has 0 bridgehead atoms. The van der Waals surface area contributed by atoms with Crippen LogP contribution in [-0.2, 0) is 21.7 Å². The average molecular weight is 575 g/mol. The van der Waals surface area contributed by atoms with Gasteiger partial charge >= 0.3 is 0 Å². The Labute approximate surface area is 243 Å². The van der Waals surface area contributed by atoms with Crippen LogP contribution >= 0.6 is 11.8 Å². The first kappa shape index (κ1) is 28.4. The van der Waals surface area contributed by atoms with Crippen molar-refractivity contribution >= 4 is 29.4 Å². The summed E-state index contributed by atoms with van der Waals surface area (Å²) in [5, 5.41) is 7.66. The van der Waals surface area contributed by atoms with E-state index in [0.717, 1.165) is 22.4 Å². The monoisotopic (exact) mass is 574 g/mol. The van der Waals surface area contributed by atoms with Crippen molar-refractivity contribution in [3.05, 3.63) is 83.8 Å². The molecule has 1 aliphatic heterocycles. The number of thioether (sulfide) groups is 1. The number of ether oxygens (including phenoxy) is 2. The molecule has 41 heavy (non-hydrogen) atoms. The number of nitrogens with one attached hydrogen (secondary N) is 1. The topological polar surface area (TPSA) is 98.8 Å². The molecule has 1 N–H and O–H groups in total. The van der Waals surface area contributed by atoms with Crippen LogP contribution in [0, 0.1) is 0 Å². The van der Waals surface area contributed by atoms with Crippen LogP contribution in [-0.4, -0.2) is 48.1 Å². The zero-order valence-corrected chi connectivity index (χ0v) is 24.7. The van der Waals surface area contributed by atoms with Gasteiger partial charge in [-0.05, 0) is 51.1 Å². The standard InChI is InChI=1S/C31H34N4O5S/c1-31(2,3)35-30-27(28(33-35)20-10-7-6-8-11-20)29(23-16-21(38-4)13-14-24(23)39-5)41-19-26(37)34(30)18-25(36)32-17-22-12-9-15-40-22/h6-16,29H,17-19H2,1-5H3,(H,32,36)/t29-/m0/s1. The van der Waals surface area contributed by atoms with Gasteiger partial charge < -0.3 is 19.2 Å². The number of amides is 2. The number of anilines is 1. The number of carbonyl (C=O) groups excluding carboxylic acids is 2. The molecule has 0 aliphatic carbocycles. The van der Waals surface area contributed by atoms with Crippen LogP contribution in [0.25, 0.3) is 11.3 Å². The molecule has 0 radical (unpaired) electrons. The molecule has 9 nitrogen and oxygen atoms in total. The molecule has 0 fully saturated rings. The van der Waals surface area contributed by atoms with Crippen LogP contribution < -0.4 is 19.7 Å². The number of aromatic nitrogens is 2. The third-order valence-electron chi connectivity index (χ3n) is 6.83. The molecule has 1 atom stereocenters. The van der Waals surface area contributed by atoms with E-state index in [1.165, 1.54) is 11.8 Å². The summed E-state index contributed by atoms with van der Waals surface area (Å²) in [6.07, 6.45) is 1.56. The number of methoxy groups -OCH3 is 2. The lowest BCUT2D eigenvalue weighted by Crippen LogP contribution is -2.43. The lowest BCUT2D eigenvalue weighted by molar-refractivity contribution is -0.123. The van der Waals surface area contributed by atoms with E-state index in [1.807, 2.05) is 74.0 Å². The minimum atomic E-state index is -0.502. The van der Waals surface area contributed by atoms with Gasteiger partial charge in [0, 0.05) is 16.7 Å². The van der Waals surface area contributed by atoms with Crippen molar-refractivity contribution in [2.75, 3.05) is 31.4 Å². The Morgan fingerprint density at radius 1 is 1.10 bits per heavy atom. The first-order valence-corrected chi connectivity index (χ1v) is 14.4. The normalized spacial score (nSPS) is 15.3. The molecule has 5 rings (SSSR count). The molecule has 2 amide bonds. The number of furan rings is 1. The fourth-order valence-electron chi connectivity index (χ4n) is 4.88. The van der Waals surface area contributed by atoms with Crippen molar-refractivity contribution in [3.8, 4) is 22.8 Å². The lowest BCUT2D eigenvalue weighted by Gasteiger charge is -2.29. The molecular weight excluding hydrogens is 540 g/mol. The highest BCUT2D eigenvalue weighted by Gasteiger charge is 2.40. The van der Waals surface area contributed by atoms with E-state index in [1.54, 1.807) is 37.5 Å². The predicted octanol–water partition coefficient (Wildman–Crippen LogP) is 5.40. The van der Waals surface area contributed by atoms with Crippen LogP contribution in [0.4, 0.5) is 5.82 Å². The van der Waals surface area contributed by atoms with E-state index < -0.39 is 5.54 Å². The fourth-order valence-corrected chi connectivity index (χ4v) is 6.10. The second-order valence-corrected chi connectivity index (χ2v) is 11.8. The molecule has 4 aromatic rings. The summed E-state index contributed by atoms with van der Waals surface area (Å²) in [4.78, 5) is 28.6. The van der Waals surface area contributed by atoms with Crippen molar-refractivity contribution in [1.29, 1.82) is 0 Å². The van der Waals surface area contributed by atoms with Gasteiger partial charge in [0.1, 0.15) is 29.6 Å². The van der Waals surface area contributed by atoms with Crippen LogP contribution in [0.15, 0.2) is 71.3 Å². The summed E-state index contributed by atoms with van der Waals surface area (Å²) in [5.74, 6) is 2.25. The number of rotatable bonds is 8. The number of carbonyl (C=O) groups is 2. The Hall–Kier alpha value is -4.18. The Morgan fingerprint density at radius 3 is 2.54 bits per heavy atom. The molecule has 0 saturated heterocycles. The molecule has 0 saturated carbocycles. The zero-order chi connectivity index (χ0) is 29.1. The van der Waals surface area contributed by atoms with Crippen molar-refractivity contribution in [1.82, 2.24) is 15.1 Å². The van der Waals surface area contributed by atoms with Gasteiger partial charge in [-0.3, -0.25) is 14.5 Å². The minimum Gasteiger partial charge on any atom is -0.497 e. The smallest absolute Gasteiger partial charge is 0.240 e. The summed E-state index contributed by atoms with van der Waals surface area (Å²) in [6, 6.07) is 19.1. The molecule has 214 valence electrons. The van der Waals surface area contributed by atoms with Crippen LogP contribution in [0.2, 0.25) is 0 Å². The van der Waals surface area contributed by atoms with Gasteiger partial charge in [-0.1, -0.05) is 30.3 Å². The number of hydrogen-bond donors (Lipinski definition) is 1. The van der Waals surface area contributed by atoms with E-state index in [4.69, 9.17) is 19.0 Å². The summed E-state index contributed by atoms with van der Waals surface area (Å²) in [6.45, 7) is 6.17. The predicted molar refractivity (Wildman–Crippen MR) is 159 cm³/mol.